The van der Waals surface area contributed by atoms with Crippen LogP contribution in [0, 0.1) is 6.92 Å². The van der Waals surface area contributed by atoms with E-state index in [4.69, 9.17) is 4.74 Å². The lowest BCUT2D eigenvalue weighted by Gasteiger charge is -2.36. The van der Waals surface area contributed by atoms with Crippen LogP contribution in [-0.2, 0) is 0 Å². The Labute approximate surface area is 164 Å². The average molecular weight is 377 g/mol. The van der Waals surface area contributed by atoms with Gasteiger partial charge in [0.2, 0.25) is 0 Å². The summed E-state index contributed by atoms with van der Waals surface area (Å²) in [6.07, 6.45) is 0. The van der Waals surface area contributed by atoms with Gasteiger partial charge in [0.15, 0.2) is 5.69 Å². The van der Waals surface area contributed by atoms with E-state index < -0.39 is 0 Å². The fraction of sp³-hybridized carbons (Fsp3) is 0.286. The summed E-state index contributed by atoms with van der Waals surface area (Å²) < 4.78 is 5.46. The van der Waals surface area contributed by atoms with Crippen molar-refractivity contribution in [1.82, 2.24) is 19.9 Å². The molecule has 2 heterocycles. The highest BCUT2D eigenvalue weighted by Gasteiger charge is 2.27. The summed E-state index contributed by atoms with van der Waals surface area (Å²) in [6, 6.07) is 17.6. The quantitative estimate of drug-likeness (QED) is 0.699. The first-order valence-corrected chi connectivity index (χ1v) is 9.34. The lowest BCUT2D eigenvalue weighted by atomic mass is 10.2. The number of para-hydroxylation sites is 3. The number of hydrogen-bond acceptors (Lipinski definition) is 5. The molecule has 7 heteroatoms. The van der Waals surface area contributed by atoms with Gasteiger partial charge in [0, 0.05) is 26.2 Å². The van der Waals surface area contributed by atoms with E-state index in [-0.39, 0.29) is 5.91 Å². The Morgan fingerprint density at radius 1 is 0.929 bits per heavy atom. The molecule has 0 radical (unpaired) electrons. The number of hydrogen-bond donors (Lipinski definition) is 0. The van der Waals surface area contributed by atoms with Crippen LogP contribution in [-0.4, -0.2) is 59.1 Å². The highest BCUT2D eigenvalue weighted by Crippen LogP contribution is 2.28. The first-order valence-electron chi connectivity index (χ1n) is 9.34. The highest BCUT2D eigenvalue weighted by atomic mass is 16.5. The van der Waals surface area contributed by atoms with E-state index in [9.17, 15) is 4.79 Å². The van der Waals surface area contributed by atoms with E-state index in [1.165, 1.54) is 4.80 Å². The van der Waals surface area contributed by atoms with Crippen LogP contribution in [0.2, 0.25) is 0 Å². The van der Waals surface area contributed by atoms with E-state index in [1.807, 2.05) is 66.4 Å². The molecule has 0 unspecified atom stereocenters. The maximum Gasteiger partial charge on any atom is 0.276 e. The van der Waals surface area contributed by atoms with E-state index in [0.29, 0.717) is 24.5 Å². The topological polar surface area (TPSA) is 63.5 Å². The Bertz CT molecular complexity index is 962. The Morgan fingerprint density at radius 3 is 2.32 bits per heavy atom. The van der Waals surface area contributed by atoms with E-state index in [2.05, 4.69) is 15.1 Å². The fourth-order valence-electron chi connectivity index (χ4n) is 3.44. The number of piperazine rings is 1. The molecule has 144 valence electrons. The lowest BCUT2D eigenvalue weighted by Crippen LogP contribution is -2.49. The second-order valence-electron chi connectivity index (χ2n) is 6.71. The van der Waals surface area contributed by atoms with Crippen LogP contribution in [0.15, 0.2) is 54.6 Å². The zero-order valence-electron chi connectivity index (χ0n) is 16.1. The van der Waals surface area contributed by atoms with Crippen molar-refractivity contribution in [3.05, 3.63) is 66.0 Å². The Kier molecular flexibility index (Phi) is 4.97. The molecule has 2 aromatic carbocycles. The second-order valence-corrected chi connectivity index (χ2v) is 6.71. The van der Waals surface area contributed by atoms with Crippen LogP contribution < -0.4 is 9.64 Å². The summed E-state index contributed by atoms with van der Waals surface area (Å²) in [4.78, 5) is 18.6. The van der Waals surface area contributed by atoms with Crippen LogP contribution in [0.4, 0.5) is 5.69 Å². The van der Waals surface area contributed by atoms with Gasteiger partial charge in [0.05, 0.1) is 24.2 Å². The number of carbonyl (C=O) groups excluding carboxylic acids is 1. The van der Waals surface area contributed by atoms with Gasteiger partial charge in [0.1, 0.15) is 5.75 Å². The van der Waals surface area contributed by atoms with Crippen LogP contribution >= 0.6 is 0 Å². The molecule has 3 aromatic rings. The number of anilines is 1. The number of rotatable bonds is 4. The third kappa shape index (κ3) is 3.43. The number of carbonyl (C=O) groups is 1. The molecular formula is C21H23N5O2. The molecule has 7 nitrogen and oxygen atoms in total. The third-order valence-electron chi connectivity index (χ3n) is 4.96. The minimum absolute atomic E-state index is 0.0700. The van der Waals surface area contributed by atoms with Gasteiger partial charge in [0.25, 0.3) is 5.91 Å². The highest BCUT2D eigenvalue weighted by molar-refractivity contribution is 5.93. The molecule has 0 saturated carbocycles. The zero-order valence-corrected chi connectivity index (χ0v) is 16.1. The number of amides is 1. The van der Waals surface area contributed by atoms with Crippen molar-refractivity contribution in [1.29, 1.82) is 0 Å². The van der Waals surface area contributed by atoms with Gasteiger partial charge in [-0.2, -0.15) is 9.90 Å². The molecule has 0 aliphatic carbocycles. The number of aromatic nitrogens is 3. The second kappa shape index (κ2) is 7.72. The zero-order chi connectivity index (χ0) is 19.5. The molecule has 1 aliphatic rings. The summed E-state index contributed by atoms with van der Waals surface area (Å²) >= 11 is 0. The molecule has 0 N–H and O–H groups in total. The molecule has 1 fully saturated rings. The van der Waals surface area contributed by atoms with Crippen LogP contribution in [0.1, 0.15) is 16.2 Å². The molecule has 1 saturated heterocycles. The van der Waals surface area contributed by atoms with Gasteiger partial charge in [-0.05, 0) is 31.2 Å². The monoisotopic (exact) mass is 377 g/mol. The summed E-state index contributed by atoms with van der Waals surface area (Å²) in [5.74, 6) is 0.781. The van der Waals surface area contributed by atoms with Crippen molar-refractivity contribution < 1.29 is 9.53 Å². The first-order chi connectivity index (χ1) is 13.7. The van der Waals surface area contributed by atoms with E-state index >= 15 is 0 Å². The van der Waals surface area contributed by atoms with Gasteiger partial charge in [-0.3, -0.25) is 4.79 Å². The van der Waals surface area contributed by atoms with Gasteiger partial charge in [-0.25, -0.2) is 0 Å². The van der Waals surface area contributed by atoms with Crippen LogP contribution in [0.5, 0.6) is 5.75 Å². The maximum atomic E-state index is 13.0. The summed E-state index contributed by atoms with van der Waals surface area (Å²) in [6.45, 7) is 4.59. The number of ether oxygens (including phenoxy) is 1. The molecule has 1 amide bonds. The molecule has 0 spiro atoms. The number of methoxy groups -OCH3 is 1. The fourth-order valence-corrected chi connectivity index (χ4v) is 3.44. The summed E-state index contributed by atoms with van der Waals surface area (Å²) in [5, 5.41) is 8.85. The largest absolute Gasteiger partial charge is 0.495 e. The summed E-state index contributed by atoms with van der Waals surface area (Å²) in [5.41, 5.74) is 2.95. The smallest absolute Gasteiger partial charge is 0.276 e. The Balaban J connectivity index is 1.47. The van der Waals surface area contributed by atoms with Crippen LogP contribution in [0.25, 0.3) is 5.69 Å². The van der Waals surface area contributed by atoms with Crippen molar-refractivity contribution in [2.45, 2.75) is 6.92 Å². The predicted octanol–water partition coefficient (Wildman–Crippen LogP) is 2.55. The van der Waals surface area contributed by atoms with E-state index in [0.717, 1.165) is 30.2 Å². The number of nitrogens with zero attached hydrogens (tertiary/aromatic N) is 5. The maximum absolute atomic E-state index is 13.0. The van der Waals surface area contributed by atoms with Crippen molar-refractivity contribution in [2.75, 3.05) is 38.2 Å². The Hall–Kier alpha value is -3.35. The normalized spacial score (nSPS) is 14.2. The average Bonchev–Trinajstić information content (AvgIpc) is 3.15. The predicted molar refractivity (Wildman–Crippen MR) is 107 cm³/mol. The molecule has 1 aromatic heterocycles. The minimum atomic E-state index is -0.0700. The molecular weight excluding hydrogens is 354 g/mol. The molecule has 28 heavy (non-hydrogen) atoms. The van der Waals surface area contributed by atoms with Crippen molar-refractivity contribution in [3.8, 4) is 11.4 Å². The minimum Gasteiger partial charge on any atom is -0.495 e. The molecule has 0 bridgehead atoms. The molecule has 4 rings (SSSR count). The molecule has 0 atom stereocenters. The van der Waals surface area contributed by atoms with Gasteiger partial charge >= 0.3 is 0 Å². The third-order valence-corrected chi connectivity index (χ3v) is 4.96. The van der Waals surface area contributed by atoms with Gasteiger partial charge in [-0.1, -0.05) is 30.3 Å². The number of aryl methyl sites for hydroxylation is 1. The van der Waals surface area contributed by atoms with E-state index in [1.54, 1.807) is 7.11 Å². The van der Waals surface area contributed by atoms with Crippen LogP contribution in [0.3, 0.4) is 0 Å². The summed E-state index contributed by atoms with van der Waals surface area (Å²) in [7, 11) is 1.68. The van der Waals surface area contributed by atoms with Gasteiger partial charge < -0.3 is 14.5 Å². The number of benzene rings is 2. The van der Waals surface area contributed by atoms with Gasteiger partial charge in [-0.15, -0.1) is 5.10 Å². The standard InChI is InChI=1S/C21H23N5O2/c1-16-20(23-26(22-16)17-8-4-3-5-9-17)21(27)25-14-12-24(13-15-25)18-10-6-7-11-19(18)28-2/h3-11H,12-15H2,1-2H3. The van der Waals surface area contributed by atoms with Crippen molar-refractivity contribution in [3.63, 3.8) is 0 Å². The first kappa shape index (κ1) is 18.0. The Morgan fingerprint density at radius 2 is 1.61 bits per heavy atom. The SMILES string of the molecule is COc1ccccc1N1CCN(C(=O)c2nn(-c3ccccc3)nc2C)CC1. The lowest BCUT2D eigenvalue weighted by molar-refractivity contribution is 0.0739. The molecule has 1 aliphatic heterocycles. The van der Waals surface area contributed by atoms with Crippen molar-refractivity contribution >= 4 is 11.6 Å². The van der Waals surface area contributed by atoms with Crippen molar-refractivity contribution in [2.24, 2.45) is 0 Å².